The Morgan fingerprint density at radius 3 is 2.61 bits per heavy atom. The van der Waals surface area contributed by atoms with E-state index in [0.29, 0.717) is 40.2 Å². The first-order chi connectivity index (χ1) is 17.9. The first-order valence-corrected chi connectivity index (χ1v) is 12.0. The van der Waals surface area contributed by atoms with Gasteiger partial charge in [-0.1, -0.05) is 17.7 Å². The van der Waals surface area contributed by atoms with Crippen molar-refractivity contribution in [2.45, 2.75) is 37.4 Å². The lowest BCUT2D eigenvalue weighted by Crippen LogP contribution is -2.51. The molecule has 2 amide bonds. The molecule has 0 radical (unpaired) electrons. The maximum atomic E-state index is 12.7. The molecular formula is C25H25ClF3N5O4. The van der Waals surface area contributed by atoms with Gasteiger partial charge in [0.05, 0.1) is 17.7 Å². The highest BCUT2D eigenvalue weighted by Crippen LogP contribution is 2.26. The number of amides is 2. The summed E-state index contributed by atoms with van der Waals surface area (Å²) in [6.45, 7) is -0.148. The third-order valence-corrected chi connectivity index (χ3v) is 6.08. The number of alkyl halides is 3. The fourth-order valence-corrected chi connectivity index (χ4v) is 4.13. The van der Waals surface area contributed by atoms with Crippen molar-refractivity contribution in [1.29, 1.82) is 5.26 Å². The average Bonchev–Trinajstić information content (AvgIpc) is 2.88. The third kappa shape index (κ3) is 7.20. The number of hydroxylamine groups is 2. The summed E-state index contributed by atoms with van der Waals surface area (Å²) in [7, 11) is 3.25. The van der Waals surface area contributed by atoms with Crippen LogP contribution >= 0.6 is 11.6 Å². The zero-order chi connectivity index (χ0) is 28.0. The number of carbonyl (C=O) groups is 3. The molecule has 1 aliphatic rings. The molecule has 1 fully saturated rings. The van der Waals surface area contributed by atoms with E-state index < -0.39 is 30.0 Å². The number of aromatic nitrogens is 1. The van der Waals surface area contributed by atoms with Gasteiger partial charge in [0.25, 0.3) is 5.91 Å². The lowest BCUT2D eigenvalue weighted by molar-refractivity contribution is -0.248. The number of halogens is 4. The summed E-state index contributed by atoms with van der Waals surface area (Å²) < 4.78 is 37.8. The van der Waals surface area contributed by atoms with E-state index in [1.54, 1.807) is 44.4 Å². The highest BCUT2D eigenvalue weighted by molar-refractivity contribution is 6.31. The molecule has 0 unspecified atom stereocenters. The van der Waals surface area contributed by atoms with E-state index in [0.717, 1.165) is 5.06 Å². The molecule has 2 aromatic rings. The van der Waals surface area contributed by atoms with Gasteiger partial charge in [0.1, 0.15) is 6.04 Å². The van der Waals surface area contributed by atoms with Crippen LogP contribution in [0.5, 0.6) is 0 Å². The Morgan fingerprint density at radius 1 is 1.26 bits per heavy atom. The largest absolute Gasteiger partial charge is 0.492 e. The van der Waals surface area contributed by atoms with Crippen molar-refractivity contribution in [3.05, 3.63) is 52.7 Å². The van der Waals surface area contributed by atoms with Gasteiger partial charge >= 0.3 is 12.1 Å². The highest BCUT2D eigenvalue weighted by atomic mass is 35.5. The second-order valence-corrected chi connectivity index (χ2v) is 9.30. The fraction of sp³-hybridized carbons (Fsp3) is 0.400. The third-order valence-electron chi connectivity index (χ3n) is 5.86. The first-order valence-electron chi connectivity index (χ1n) is 11.6. The molecule has 2 heterocycles. The molecule has 0 bridgehead atoms. The Bertz CT molecular complexity index is 1230. The molecule has 1 saturated heterocycles. The summed E-state index contributed by atoms with van der Waals surface area (Å²) in [4.78, 5) is 46.5. The van der Waals surface area contributed by atoms with E-state index in [1.807, 2.05) is 0 Å². The van der Waals surface area contributed by atoms with Gasteiger partial charge in [-0.05, 0) is 49.1 Å². The van der Waals surface area contributed by atoms with E-state index in [1.165, 1.54) is 11.1 Å². The van der Waals surface area contributed by atoms with Crippen LogP contribution in [-0.4, -0.2) is 72.1 Å². The van der Waals surface area contributed by atoms with Crippen molar-refractivity contribution in [3.63, 3.8) is 0 Å². The fourth-order valence-electron chi connectivity index (χ4n) is 3.89. The molecule has 3 rings (SSSR count). The Morgan fingerprint density at radius 2 is 2.00 bits per heavy atom. The van der Waals surface area contributed by atoms with Crippen LogP contribution in [0.1, 0.15) is 41.1 Å². The highest BCUT2D eigenvalue weighted by Gasteiger charge is 2.44. The molecule has 2 atom stereocenters. The summed E-state index contributed by atoms with van der Waals surface area (Å²) in [5.41, 5.74) is 1.99. The van der Waals surface area contributed by atoms with Crippen LogP contribution in [0.2, 0.25) is 5.02 Å². The lowest BCUT2D eigenvalue weighted by Gasteiger charge is -2.32. The topological polar surface area (TPSA) is 116 Å². The van der Waals surface area contributed by atoms with Gasteiger partial charge in [0.15, 0.2) is 0 Å². The maximum absolute atomic E-state index is 12.7. The predicted octanol–water partition coefficient (Wildman–Crippen LogP) is 3.70. The molecule has 1 N–H and O–H groups in total. The second-order valence-electron chi connectivity index (χ2n) is 8.86. The second kappa shape index (κ2) is 12.2. The number of nitriles is 1. The number of hydrogen-bond donors (Lipinski definition) is 1. The number of nitrogens with zero attached hydrogens (tertiary/aromatic N) is 4. The number of benzene rings is 1. The van der Waals surface area contributed by atoms with Crippen molar-refractivity contribution in [2.24, 2.45) is 0 Å². The number of nitrogens with one attached hydrogen (secondary N) is 1. The smallest absolute Gasteiger partial charge is 0.360 e. The average molecular weight is 552 g/mol. The summed E-state index contributed by atoms with van der Waals surface area (Å²) in [6, 6.07) is 9.12. The Hall–Kier alpha value is -3.69. The number of rotatable bonds is 7. The molecule has 9 nitrogen and oxygen atoms in total. The van der Waals surface area contributed by atoms with Crippen molar-refractivity contribution >= 4 is 29.4 Å². The normalized spacial score (nSPS) is 16.7. The quantitative estimate of drug-likeness (QED) is 0.558. The minimum absolute atomic E-state index is 0.0156. The number of pyridine rings is 1. The Kier molecular flexibility index (Phi) is 9.30. The van der Waals surface area contributed by atoms with Crippen molar-refractivity contribution < 1.29 is 32.4 Å². The van der Waals surface area contributed by atoms with Crippen LogP contribution in [0.15, 0.2) is 36.5 Å². The summed E-state index contributed by atoms with van der Waals surface area (Å²) in [5.74, 6) is -4.08. The molecule has 0 spiro atoms. The molecule has 1 aliphatic heterocycles. The standard InChI is InChI=1S/C25H25ClF3N5O4/c1-33(2)23(36)17-9-16(10-19(26)11-17)20-7-6-15(13-31-20)18(12-30)14-32-22(35)21-5-3-4-8-34(21)38-24(37)25(27,28)29/h6-7,9-11,13,18,21H,3-5,8,14H2,1-2H3,(H,32,35)/t18-,21-/m0/s1. The number of piperidine rings is 1. The van der Waals surface area contributed by atoms with E-state index in [9.17, 15) is 32.8 Å². The van der Waals surface area contributed by atoms with Crippen molar-refractivity contribution in [2.75, 3.05) is 27.2 Å². The van der Waals surface area contributed by atoms with Crippen LogP contribution in [0.25, 0.3) is 11.3 Å². The minimum Gasteiger partial charge on any atom is -0.360 e. The molecule has 0 aliphatic carbocycles. The van der Waals surface area contributed by atoms with E-state index in [2.05, 4.69) is 21.2 Å². The zero-order valence-electron chi connectivity index (χ0n) is 20.6. The lowest BCUT2D eigenvalue weighted by atomic mass is 10.00. The van der Waals surface area contributed by atoms with Crippen molar-refractivity contribution in [3.8, 4) is 17.3 Å². The molecule has 202 valence electrons. The van der Waals surface area contributed by atoms with Crippen LogP contribution in [0.3, 0.4) is 0 Å². The van der Waals surface area contributed by atoms with Crippen LogP contribution in [-0.2, 0) is 14.4 Å². The SMILES string of the molecule is CN(C)C(=O)c1cc(Cl)cc(-c2ccc([C@@H](C#N)CNC(=O)[C@@H]3CCCCN3OC(=O)C(F)(F)F)cn2)c1. The number of hydrogen-bond acceptors (Lipinski definition) is 7. The molecule has 1 aromatic carbocycles. The molecule has 38 heavy (non-hydrogen) atoms. The van der Waals surface area contributed by atoms with E-state index in [4.69, 9.17) is 11.6 Å². The van der Waals surface area contributed by atoms with Crippen molar-refractivity contribution in [1.82, 2.24) is 20.3 Å². The van der Waals surface area contributed by atoms with Gasteiger partial charge in [-0.25, -0.2) is 4.79 Å². The number of carbonyl (C=O) groups excluding carboxylic acids is 3. The van der Waals surface area contributed by atoms with Gasteiger partial charge in [-0.15, -0.1) is 5.06 Å². The monoisotopic (exact) mass is 551 g/mol. The predicted molar refractivity (Wildman–Crippen MR) is 131 cm³/mol. The Labute approximate surface area is 222 Å². The first kappa shape index (κ1) is 28.9. The maximum Gasteiger partial charge on any atom is 0.492 e. The van der Waals surface area contributed by atoms with Gasteiger partial charge in [0, 0.05) is 49.5 Å². The molecule has 0 saturated carbocycles. The summed E-state index contributed by atoms with van der Waals surface area (Å²) in [5, 5.41) is 13.3. The van der Waals surface area contributed by atoms with E-state index >= 15 is 0 Å². The van der Waals surface area contributed by atoms with E-state index in [-0.39, 0.29) is 25.4 Å². The molecule has 1 aromatic heterocycles. The summed E-state index contributed by atoms with van der Waals surface area (Å²) >= 11 is 6.18. The van der Waals surface area contributed by atoms with Gasteiger partial charge in [-0.3, -0.25) is 14.6 Å². The van der Waals surface area contributed by atoms with Crippen LogP contribution in [0.4, 0.5) is 13.2 Å². The van der Waals surface area contributed by atoms with Crippen LogP contribution in [0, 0.1) is 11.3 Å². The zero-order valence-corrected chi connectivity index (χ0v) is 21.3. The van der Waals surface area contributed by atoms with Gasteiger partial charge in [-0.2, -0.15) is 18.4 Å². The Balaban J connectivity index is 1.68. The van der Waals surface area contributed by atoms with Gasteiger partial charge in [0.2, 0.25) is 5.91 Å². The minimum atomic E-state index is -5.18. The molecular weight excluding hydrogens is 527 g/mol. The summed E-state index contributed by atoms with van der Waals surface area (Å²) in [6.07, 6.45) is -2.50. The van der Waals surface area contributed by atoms with Gasteiger partial charge < -0.3 is 15.1 Å². The van der Waals surface area contributed by atoms with Crippen LogP contribution < -0.4 is 5.32 Å². The molecule has 13 heteroatoms.